The van der Waals surface area contributed by atoms with E-state index in [1.54, 1.807) is 0 Å². The van der Waals surface area contributed by atoms with Crippen LogP contribution < -0.4 is 5.32 Å². The van der Waals surface area contributed by atoms with Gasteiger partial charge in [-0.15, -0.1) is 0 Å². The van der Waals surface area contributed by atoms with Crippen LogP contribution in [0.1, 0.15) is 47.0 Å². The van der Waals surface area contributed by atoms with Gasteiger partial charge in [0.2, 0.25) is 0 Å². The molecule has 0 aromatic rings. The number of nitrogens with zero attached hydrogens (tertiary/aromatic N) is 1. The summed E-state index contributed by atoms with van der Waals surface area (Å²) in [7, 11) is 0. The molecule has 0 spiro atoms. The second-order valence-electron chi connectivity index (χ2n) is 5.46. The Morgan fingerprint density at radius 3 is 2.76 bits per heavy atom. The van der Waals surface area contributed by atoms with Crippen LogP contribution in [0.15, 0.2) is 0 Å². The van der Waals surface area contributed by atoms with Crippen molar-refractivity contribution < 1.29 is 4.74 Å². The van der Waals surface area contributed by atoms with Gasteiger partial charge in [0.1, 0.15) is 0 Å². The van der Waals surface area contributed by atoms with Crippen molar-refractivity contribution >= 4 is 0 Å². The summed E-state index contributed by atoms with van der Waals surface area (Å²) in [6.07, 6.45) is 4.22. The Morgan fingerprint density at radius 2 is 2.12 bits per heavy atom. The number of hydrogen-bond donors (Lipinski definition) is 1. The normalized spacial score (nSPS) is 24.2. The highest BCUT2D eigenvalue weighted by atomic mass is 16.5. The van der Waals surface area contributed by atoms with Crippen LogP contribution in [0.4, 0.5) is 0 Å². The maximum atomic E-state index is 5.75. The lowest BCUT2D eigenvalue weighted by Crippen LogP contribution is -2.45. The SMILES string of the molecule is CCOC1CCCN(C(C)CCNC(C)C)C1. The summed E-state index contributed by atoms with van der Waals surface area (Å²) in [5.41, 5.74) is 0. The summed E-state index contributed by atoms with van der Waals surface area (Å²) < 4.78 is 5.75. The molecule has 2 unspecified atom stereocenters. The standard InChI is InChI=1S/C14H30N2O/c1-5-17-14-7-6-10-16(11-14)13(4)8-9-15-12(2)3/h12-15H,5-11H2,1-4H3. The van der Waals surface area contributed by atoms with Gasteiger partial charge in [0.25, 0.3) is 0 Å². The van der Waals surface area contributed by atoms with Crippen molar-refractivity contribution in [3.8, 4) is 0 Å². The molecule has 2 atom stereocenters. The lowest BCUT2D eigenvalue weighted by molar-refractivity contribution is -0.00599. The molecule has 1 N–H and O–H groups in total. The predicted molar refractivity (Wildman–Crippen MR) is 73.4 cm³/mol. The molecule has 0 aromatic heterocycles. The zero-order valence-electron chi connectivity index (χ0n) is 12.0. The first-order valence-electron chi connectivity index (χ1n) is 7.22. The zero-order chi connectivity index (χ0) is 12.7. The lowest BCUT2D eigenvalue weighted by Gasteiger charge is -2.36. The molecule has 0 saturated carbocycles. The molecule has 0 radical (unpaired) electrons. The fraction of sp³-hybridized carbons (Fsp3) is 1.00. The Morgan fingerprint density at radius 1 is 1.35 bits per heavy atom. The molecule has 17 heavy (non-hydrogen) atoms. The van der Waals surface area contributed by atoms with Gasteiger partial charge in [0, 0.05) is 25.2 Å². The van der Waals surface area contributed by atoms with Gasteiger partial charge in [-0.2, -0.15) is 0 Å². The van der Waals surface area contributed by atoms with Crippen molar-refractivity contribution in [2.24, 2.45) is 0 Å². The van der Waals surface area contributed by atoms with E-state index in [-0.39, 0.29) is 0 Å². The number of likely N-dealkylation sites (tertiary alicyclic amines) is 1. The second-order valence-corrected chi connectivity index (χ2v) is 5.46. The van der Waals surface area contributed by atoms with Crippen molar-refractivity contribution in [2.45, 2.75) is 65.1 Å². The summed E-state index contributed by atoms with van der Waals surface area (Å²) in [5.74, 6) is 0. The average molecular weight is 242 g/mol. The molecular formula is C14H30N2O. The monoisotopic (exact) mass is 242 g/mol. The Balaban J connectivity index is 2.23. The summed E-state index contributed by atoms with van der Waals surface area (Å²) in [4.78, 5) is 2.59. The molecule has 1 saturated heterocycles. The van der Waals surface area contributed by atoms with Crippen molar-refractivity contribution in [1.29, 1.82) is 0 Å². The van der Waals surface area contributed by atoms with E-state index in [0.717, 1.165) is 19.7 Å². The van der Waals surface area contributed by atoms with Crippen molar-refractivity contribution in [2.75, 3.05) is 26.2 Å². The molecule has 1 aliphatic rings. The Bertz CT molecular complexity index is 195. The van der Waals surface area contributed by atoms with E-state index in [4.69, 9.17) is 4.74 Å². The van der Waals surface area contributed by atoms with Gasteiger partial charge in [0.15, 0.2) is 0 Å². The van der Waals surface area contributed by atoms with E-state index in [0.29, 0.717) is 18.2 Å². The molecule has 0 aliphatic carbocycles. The summed E-state index contributed by atoms with van der Waals surface area (Å²) >= 11 is 0. The maximum Gasteiger partial charge on any atom is 0.0702 e. The Hall–Kier alpha value is -0.120. The van der Waals surface area contributed by atoms with Crippen molar-refractivity contribution in [3.05, 3.63) is 0 Å². The minimum absolute atomic E-state index is 0.467. The molecule has 3 heteroatoms. The van der Waals surface area contributed by atoms with E-state index in [1.807, 2.05) is 0 Å². The molecule has 1 heterocycles. The minimum Gasteiger partial charge on any atom is -0.377 e. The molecule has 0 amide bonds. The number of nitrogens with one attached hydrogen (secondary N) is 1. The maximum absolute atomic E-state index is 5.75. The van der Waals surface area contributed by atoms with Crippen molar-refractivity contribution in [3.63, 3.8) is 0 Å². The van der Waals surface area contributed by atoms with E-state index < -0.39 is 0 Å². The third kappa shape index (κ3) is 5.84. The topological polar surface area (TPSA) is 24.5 Å². The van der Waals surface area contributed by atoms with E-state index in [9.17, 15) is 0 Å². The summed E-state index contributed by atoms with van der Waals surface area (Å²) in [5, 5.41) is 3.49. The largest absolute Gasteiger partial charge is 0.377 e. The van der Waals surface area contributed by atoms with Gasteiger partial charge in [-0.25, -0.2) is 0 Å². The number of piperidine rings is 1. The highest BCUT2D eigenvalue weighted by Gasteiger charge is 2.23. The van der Waals surface area contributed by atoms with Gasteiger partial charge < -0.3 is 10.1 Å². The first-order chi connectivity index (χ1) is 8.13. The number of ether oxygens (including phenoxy) is 1. The second kappa shape index (κ2) is 8.06. The van der Waals surface area contributed by atoms with Crippen molar-refractivity contribution in [1.82, 2.24) is 10.2 Å². The first-order valence-corrected chi connectivity index (χ1v) is 7.22. The highest BCUT2D eigenvalue weighted by molar-refractivity contribution is 4.78. The van der Waals surface area contributed by atoms with Gasteiger partial charge in [0.05, 0.1) is 6.10 Å². The summed E-state index contributed by atoms with van der Waals surface area (Å²) in [6.45, 7) is 13.2. The fourth-order valence-electron chi connectivity index (χ4n) is 2.50. The van der Waals surface area contributed by atoms with Crippen LogP contribution in [0.3, 0.4) is 0 Å². The summed E-state index contributed by atoms with van der Waals surface area (Å²) in [6, 6.07) is 1.27. The van der Waals surface area contributed by atoms with Crippen LogP contribution in [0.2, 0.25) is 0 Å². The first kappa shape index (κ1) is 14.9. The quantitative estimate of drug-likeness (QED) is 0.741. The van der Waals surface area contributed by atoms with Crippen LogP contribution in [-0.4, -0.2) is 49.3 Å². The third-order valence-corrected chi connectivity index (χ3v) is 3.55. The van der Waals surface area contributed by atoms with Gasteiger partial charge in [-0.3, -0.25) is 4.90 Å². The van der Waals surface area contributed by atoms with E-state index in [2.05, 4.69) is 37.9 Å². The van der Waals surface area contributed by atoms with Gasteiger partial charge in [-0.05, 0) is 46.2 Å². The van der Waals surface area contributed by atoms with Gasteiger partial charge >= 0.3 is 0 Å². The van der Waals surface area contributed by atoms with Crippen LogP contribution >= 0.6 is 0 Å². The highest BCUT2D eigenvalue weighted by Crippen LogP contribution is 2.16. The molecule has 3 nitrogen and oxygen atoms in total. The average Bonchev–Trinajstić information content (AvgIpc) is 2.29. The number of hydrogen-bond acceptors (Lipinski definition) is 3. The molecule has 1 rings (SSSR count). The Labute approximate surface area is 107 Å². The molecule has 0 aromatic carbocycles. The Kier molecular flexibility index (Phi) is 7.09. The third-order valence-electron chi connectivity index (χ3n) is 3.55. The molecule has 1 fully saturated rings. The lowest BCUT2D eigenvalue weighted by atomic mass is 10.0. The minimum atomic E-state index is 0.467. The van der Waals surface area contributed by atoms with Crippen LogP contribution in [0.5, 0.6) is 0 Å². The van der Waals surface area contributed by atoms with E-state index in [1.165, 1.54) is 25.8 Å². The molecule has 102 valence electrons. The molecular weight excluding hydrogens is 212 g/mol. The van der Waals surface area contributed by atoms with Gasteiger partial charge in [-0.1, -0.05) is 13.8 Å². The van der Waals surface area contributed by atoms with E-state index >= 15 is 0 Å². The van der Waals surface area contributed by atoms with Crippen LogP contribution in [0.25, 0.3) is 0 Å². The number of rotatable bonds is 7. The smallest absolute Gasteiger partial charge is 0.0702 e. The predicted octanol–water partition coefficient (Wildman–Crippen LogP) is 2.26. The molecule has 0 bridgehead atoms. The molecule has 1 aliphatic heterocycles. The van der Waals surface area contributed by atoms with Crippen LogP contribution in [0, 0.1) is 0 Å². The fourth-order valence-corrected chi connectivity index (χ4v) is 2.50. The zero-order valence-corrected chi connectivity index (χ0v) is 12.0. The van der Waals surface area contributed by atoms with Crippen LogP contribution in [-0.2, 0) is 4.74 Å².